The molecule has 6 rings (SSSR count). The van der Waals surface area contributed by atoms with Crippen molar-refractivity contribution in [2.24, 2.45) is 0 Å². The summed E-state index contributed by atoms with van der Waals surface area (Å²) in [5.74, 6) is 0. The molecule has 3 heteroatoms. The van der Waals surface area contributed by atoms with Crippen molar-refractivity contribution in [2.75, 3.05) is 0 Å². The van der Waals surface area contributed by atoms with E-state index in [-0.39, 0.29) is 0 Å². The van der Waals surface area contributed by atoms with Crippen LogP contribution >= 0.6 is 11.2 Å². The van der Waals surface area contributed by atoms with Crippen LogP contribution in [0.2, 0.25) is 0 Å². The maximum absolute atomic E-state index is 1.72. The third kappa shape index (κ3) is 6.63. The Morgan fingerprint density at radius 3 is 0.538 bits per heavy atom. The first-order chi connectivity index (χ1) is 19.3. The average molecular weight is 664 g/mol. The van der Waals surface area contributed by atoms with Crippen LogP contribution in [-0.4, -0.2) is 34.0 Å². The van der Waals surface area contributed by atoms with Crippen LogP contribution in [0.4, 0.5) is 0 Å². The van der Waals surface area contributed by atoms with E-state index in [1.54, 1.807) is 193 Å². The maximum atomic E-state index is 1.72. The van der Waals surface area contributed by atoms with Gasteiger partial charge in [0.25, 0.3) is 0 Å². The van der Waals surface area contributed by atoms with Crippen molar-refractivity contribution >= 4 is 11.2 Å². The third-order valence-corrected chi connectivity index (χ3v) is 53.3. The first kappa shape index (κ1) is 30.5. The van der Waals surface area contributed by atoms with Crippen molar-refractivity contribution in [3.8, 4) is 0 Å². The predicted octanol–water partition coefficient (Wildman–Crippen LogP) is 12.4. The molecule has 0 atom stereocenters. The Hall–Kier alpha value is 1.48. The van der Waals surface area contributed by atoms with Crippen molar-refractivity contribution in [3.05, 3.63) is 0 Å². The molecule has 0 aliphatic heterocycles. The summed E-state index contributed by atoms with van der Waals surface area (Å²) in [6.45, 7) is 0. The van der Waals surface area contributed by atoms with Crippen LogP contribution in [0.25, 0.3) is 0 Å². The van der Waals surface area contributed by atoms with Crippen LogP contribution in [0.15, 0.2) is 0 Å². The molecule has 0 amide bonds. The van der Waals surface area contributed by atoms with Gasteiger partial charge in [0, 0.05) is 0 Å². The van der Waals surface area contributed by atoms with Gasteiger partial charge in [-0.05, 0) is 0 Å². The zero-order chi connectivity index (χ0) is 26.4. The first-order valence-corrected chi connectivity index (χ1v) is 28.4. The summed E-state index contributed by atoms with van der Waals surface area (Å²) in [4.78, 5) is 0. The summed E-state index contributed by atoms with van der Waals surface area (Å²) >= 11 is 0.731. The SMILES string of the molecule is C1CCC([PH]([Ru][PH](C2CCCCC2)(C2CCCCC2)C2CCCCC2)(C2CCCCC2)C2CCCCC2)CC1. The van der Waals surface area contributed by atoms with Gasteiger partial charge >= 0.3 is 254 Å². The zero-order valence-corrected chi connectivity index (χ0v) is 29.8. The second-order valence-corrected chi connectivity index (χ2v) is 37.5. The minimum absolute atomic E-state index is 0.731. The van der Waals surface area contributed by atoms with Gasteiger partial charge in [-0.15, -0.1) is 0 Å². The molecule has 0 bridgehead atoms. The summed E-state index contributed by atoms with van der Waals surface area (Å²) in [6, 6.07) is 0. The molecule has 0 spiro atoms. The molecular formula is C36H68P2Ru. The Bertz CT molecular complexity index is 550. The molecule has 6 aliphatic carbocycles. The molecule has 0 aromatic rings. The van der Waals surface area contributed by atoms with Crippen LogP contribution in [0.5, 0.6) is 0 Å². The van der Waals surface area contributed by atoms with E-state index in [1.807, 2.05) is 0 Å². The van der Waals surface area contributed by atoms with E-state index in [2.05, 4.69) is 0 Å². The van der Waals surface area contributed by atoms with Crippen LogP contribution < -0.4 is 0 Å². The van der Waals surface area contributed by atoms with E-state index in [0.29, 0.717) is 0 Å². The average Bonchev–Trinajstić information content (AvgIpc) is 3.04. The Morgan fingerprint density at radius 2 is 0.385 bits per heavy atom. The number of rotatable bonds is 8. The summed E-state index contributed by atoms with van der Waals surface area (Å²) in [5, 5.41) is 0. The van der Waals surface area contributed by atoms with Gasteiger partial charge in [0.2, 0.25) is 0 Å². The molecule has 0 aromatic carbocycles. The van der Waals surface area contributed by atoms with Gasteiger partial charge in [-0.1, -0.05) is 0 Å². The Kier molecular flexibility index (Phi) is 11.7. The number of hydrogen-bond acceptors (Lipinski definition) is 0. The van der Waals surface area contributed by atoms with Crippen LogP contribution in [-0.2, 0) is 16.2 Å². The molecule has 0 radical (unpaired) electrons. The molecular weight excluding hydrogens is 595 g/mol. The van der Waals surface area contributed by atoms with Crippen molar-refractivity contribution < 1.29 is 16.2 Å². The third-order valence-electron chi connectivity index (χ3n) is 13.6. The summed E-state index contributed by atoms with van der Waals surface area (Å²) in [6.07, 6.45) is 49.7. The molecule has 230 valence electrons. The Morgan fingerprint density at radius 1 is 0.231 bits per heavy atom. The zero-order valence-electron chi connectivity index (χ0n) is 26.0. The van der Waals surface area contributed by atoms with E-state index in [9.17, 15) is 0 Å². The van der Waals surface area contributed by atoms with Crippen molar-refractivity contribution in [2.45, 2.75) is 227 Å². The van der Waals surface area contributed by atoms with Gasteiger partial charge in [-0.25, -0.2) is 0 Å². The van der Waals surface area contributed by atoms with Gasteiger partial charge in [0.05, 0.1) is 0 Å². The molecule has 0 unspecified atom stereocenters. The van der Waals surface area contributed by atoms with E-state index in [0.717, 1.165) is 16.2 Å². The summed E-state index contributed by atoms with van der Waals surface area (Å²) < 4.78 is 0. The van der Waals surface area contributed by atoms with Crippen molar-refractivity contribution in [1.29, 1.82) is 0 Å². The van der Waals surface area contributed by atoms with Gasteiger partial charge in [-0.2, -0.15) is 0 Å². The van der Waals surface area contributed by atoms with Gasteiger partial charge in [0.1, 0.15) is 0 Å². The monoisotopic (exact) mass is 664 g/mol. The molecule has 0 saturated heterocycles. The second-order valence-electron chi connectivity index (χ2n) is 15.7. The van der Waals surface area contributed by atoms with Gasteiger partial charge in [-0.3, -0.25) is 0 Å². The van der Waals surface area contributed by atoms with Crippen molar-refractivity contribution in [3.63, 3.8) is 0 Å². The fourth-order valence-corrected chi connectivity index (χ4v) is 69.1. The Labute approximate surface area is 252 Å². The minimum atomic E-state index is -1.33. The van der Waals surface area contributed by atoms with E-state index in [4.69, 9.17) is 0 Å². The van der Waals surface area contributed by atoms with E-state index < -0.39 is 11.2 Å². The molecule has 0 heterocycles. The fourth-order valence-electron chi connectivity index (χ4n) is 11.9. The second kappa shape index (κ2) is 15.0. The fraction of sp³-hybridized carbons (Fsp3) is 1.00. The standard InChI is InChI=1S/2C18H33P.Ru/c2*1-4-10-16(11-5-1)19(17-12-6-2-7-13-17)18-14-8-3-9-15-18;/h2*16-18H,1-15H2;/q;;-2/p+2. The van der Waals surface area contributed by atoms with Crippen molar-refractivity contribution in [1.82, 2.24) is 0 Å². The molecule has 6 aliphatic rings. The van der Waals surface area contributed by atoms with E-state index >= 15 is 0 Å². The van der Waals surface area contributed by atoms with Crippen LogP contribution in [0.3, 0.4) is 0 Å². The molecule has 6 fully saturated rings. The molecule has 39 heavy (non-hydrogen) atoms. The van der Waals surface area contributed by atoms with Gasteiger partial charge in [0.15, 0.2) is 0 Å². The summed E-state index contributed by atoms with van der Waals surface area (Å²) in [7, 11) is 0. The first-order valence-electron chi connectivity index (χ1n) is 19.0. The topological polar surface area (TPSA) is 0 Å². The summed E-state index contributed by atoms with van der Waals surface area (Å²) in [5.41, 5.74) is 5.08. The molecule has 6 saturated carbocycles. The normalized spacial score (nSPS) is 30.5. The van der Waals surface area contributed by atoms with Crippen LogP contribution in [0, 0.1) is 0 Å². The quantitative estimate of drug-likeness (QED) is 0.179. The molecule has 0 aromatic heterocycles. The number of hydrogen-bond donors (Lipinski definition) is 0. The van der Waals surface area contributed by atoms with E-state index in [1.165, 1.54) is 34.0 Å². The predicted molar refractivity (Wildman–Crippen MR) is 178 cm³/mol. The van der Waals surface area contributed by atoms with Crippen LogP contribution in [0.1, 0.15) is 193 Å². The molecule has 0 N–H and O–H groups in total. The van der Waals surface area contributed by atoms with Gasteiger partial charge < -0.3 is 0 Å². The molecule has 0 nitrogen and oxygen atoms in total. The Balaban J connectivity index is 1.49.